The van der Waals surface area contributed by atoms with Crippen LogP contribution in [0.3, 0.4) is 0 Å². The van der Waals surface area contributed by atoms with E-state index in [-0.39, 0.29) is 48.0 Å². The van der Waals surface area contributed by atoms with Crippen molar-refractivity contribution in [3.05, 3.63) is 42.6 Å². The Morgan fingerprint density at radius 3 is 2.25 bits per heavy atom. The number of rotatable bonds is 0. The zero-order valence-electron chi connectivity index (χ0n) is 6.31. The van der Waals surface area contributed by atoms with Gasteiger partial charge in [-0.1, -0.05) is 24.3 Å². The van der Waals surface area contributed by atoms with Gasteiger partial charge in [0.2, 0.25) is 0 Å². The zero-order valence-corrected chi connectivity index (χ0v) is 11.0. The SMILES string of the molecule is I.I.c1ccc2ncccc2c1. The summed E-state index contributed by atoms with van der Waals surface area (Å²) in [6.07, 6.45) is 1.81. The third kappa shape index (κ3) is 2.55. The van der Waals surface area contributed by atoms with Gasteiger partial charge in [0.05, 0.1) is 5.52 Å². The topological polar surface area (TPSA) is 12.9 Å². The summed E-state index contributed by atoms with van der Waals surface area (Å²) >= 11 is 0. The first-order chi connectivity index (χ1) is 4.97. The van der Waals surface area contributed by atoms with Crippen molar-refractivity contribution >= 4 is 58.9 Å². The number of benzene rings is 1. The molecule has 1 nitrogen and oxygen atoms in total. The third-order valence-electron chi connectivity index (χ3n) is 1.51. The van der Waals surface area contributed by atoms with Crippen molar-refractivity contribution in [2.45, 2.75) is 0 Å². The van der Waals surface area contributed by atoms with Gasteiger partial charge < -0.3 is 0 Å². The molecule has 12 heavy (non-hydrogen) atoms. The second-order valence-corrected chi connectivity index (χ2v) is 2.20. The molecular weight excluding hydrogens is 376 g/mol. The van der Waals surface area contributed by atoms with Gasteiger partial charge in [-0.05, 0) is 12.1 Å². The van der Waals surface area contributed by atoms with E-state index in [9.17, 15) is 0 Å². The fraction of sp³-hybridized carbons (Fsp3) is 0. The predicted molar refractivity (Wildman–Crippen MR) is 72.6 cm³/mol. The Morgan fingerprint density at radius 1 is 0.833 bits per heavy atom. The van der Waals surface area contributed by atoms with Crippen LogP contribution in [0, 0.1) is 0 Å². The summed E-state index contributed by atoms with van der Waals surface area (Å²) in [5, 5.41) is 1.20. The van der Waals surface area contributed by atoms with Crippen molar-refractivity contribution in [2.75, 3.05) is 0 Å². The molecule has 2 aromatic rings. The Morgan fingerprint density at radius 2 is 1.50 bits per heavy atom. The molecule has 0 unspecified atom stereocenters. The molecule has 3 heteroatoms. The Labute approximate surface area is 106 Å². The fourth-order valence-electron chi connectivity index (χ4n) is 1.02. The molecule has 0 atom stereocenters. The molecule has 0 saturated heterocycles. The number of hydrogen-bond acceptors (Lipinski definition) is 1. The number of halogens is 2. The minimum absolute atomic E-state index is 0. The van der Waals surface area contributed by atoms with E-state index in [1.165, 1.54) is 5.39 Å². The molecule has 0 spiro atoms. The molecule has 0 amide bonds. The van der Waals surface area contributed by atoms with Gasteiger partial charge in [-0.2, -0.15) is 0 Å². The van der Waals surface area contributed by atoms with Crippen LogP contribution in [0.5, 0.6) is 0 Å². The highest BCUT2D eigenvalue weighted by molar-refractivity contribution is 14.0. The lowest BCUT2D eigenvalue weighted by atomic mass is 10.2. The van der Waals surface area contributed by atoms with Gasteiger partial charge in [-0.3, -0.25) is 4.98 Å². The molecule has 1 heterocycles. The molecule has 2 rings (SSSR count). The maximum atomic E-state index is 4.18. The van der Waals surface area contributed by atoms with Crippen LogP contribution in [-0.4, -0.2) is 4.98 Å². The van der Waals surface area contributed by atoms with Crippen molar-refractivity contribution in [1.82, 2.24) is 4.98 Å². The maximum Gasteiger partial charge on any atom is 0.0701 e. The third-order valence-corrected chi connectivity index (χ3v) is 1.51. The predicted octanol–water partition coefficient (Wildman–Crippen LogP) is 3.47. The van der Waals surface area contributed by atoms with Crippen molar-refractivity contribution < 1.29 is 0 Å². The molecule has 64 valence electrons. The highest BCUT2D eigenvalue weighted by Gasteiger charge is 1.86. The zero-order chi connectivity index (χ0) is 6.81. The standard InChI is InChI=1S/C9H7N.2HI/c1-2-6-9-8(4-1)5-3-7-10-9;;/h1-7H;2*1H. The summed E-state index contributed by atoms with van der Waals surface area (Å²) in [5.74, 6) is 0. The number of hydrogen-bond donors (Lipinski definition) is 0. The Balaban J connectivity index is 0.000000605. The molecule has 0 radical (unpaired) electrons. The molecule has 0 fully saturated rings. The van der Waals surface area contributed by atoms with E-state index in [2.05, 4.69) is 17.1 Å². The number of aromatic nitrogens is 1. The Kier molecular flexibility index (Phi) is 5.73. The van der Waals surface area contributed by atoms with Crippen molar-refractivity contribution in [1.29, 1.82) is 0 Å². The largest absolute Gasteiger partial charge is 0.256 e. The van der Waals surface area contributed by atoms with Crippen LogP contribution in [0.25, 0.3) is 10.9 Å². The van der Waals surface area contributed by atoms with E-state index >= 15 is 0 Å². The van der Waals surface area contributed by atoms with E-state index in [1.54, 1.807) is 0 Å². The quantitative estimate of drug-likeness (QED) is 0.634. The van der Waals surface area contributed by atoms with E-state index in [1.807, 2.05) is 30.5 Å². The summed E-state index contributed by atoms with van der Waals surface area (Å²) in [7, 11) is 0. The van der Waals surface area contributed by atoms with Crippen molar-refractivity contribution in [2.24, 2.45) is 0 Å². The first-order valence-corrected chi connectivity index (χ1v) is 3.26. The molecule has 0 aliphatic carbocycles. The number of para-hydroxylation sites is 1. The monoisotopic (exact) mass is 385 g/mol. The summed E-state index contributed by atoms with van der Waals surface area (Å²) in [4.78, 5) is 4.18. The van der Waals surface area contributed by atoms with Crippen LogP contribution >= 0.6 is 48.0 Å². The second-order valence-electron chi connectivity index (χ2n) is 2.20. The maximum absolute atomic E-state index is 4.18. The Hall–Kier alpha value is 0.0900. The van der Waals surface area contributed by atoms with Gasteiger partial charge in [-0.25, -0.2) is 0 Å². The molecule has 0 saturated carbocycles. The van der Waals surface area contributed by atoms with E-state index in [0.717, 1.165) is 5.52 Å². The lowest BCUT2D eigenvalue weighted by Gasteiger charge is -1.91. The number of fused-ring (bicyclic) bond motifs is 1. The van der Waals surface area contributed by atoms with Gasteiger partial charge >= 0.3 is 0 Å². The lowest BCUT2D eigenvalue weighted by Crippen LogP contribution is -1.73. The molecule has 0 N–H and O–H groups in total. The van der Waals surface area contributed by atoms with Gasteiger partial charge in [0.1, 0.15) is 0 Å². The molecule has 0 bridgehead atoms. The van der Waals surface area contributed by atoms with E-state index in [4.69, 9.17) is 0 Å². The van der Waals surface area contributed by atoms with Crippen LogP contribution in [0.1, 0.15) is 0 Å². The smallest absolute Gasteiger partial charge is 0.0701 e. The fourth-order valence-corrected chi connectivity index (χ4v) is 1.02. The molecule has 1 aromatic heterocycles. The average molecular weight is 385 g/mol. The van der Waals surface area contributed by atoms with E-state index in [0.29, 0.717) is 0 Å². The molecule has 0 aliphatic heterocycles. The minimum Gasteiger partial charge on any atom is -0.256 e. The average Bonchev–Trinajstić information content (AvgIpc) is 2.05. The van der Waals surface area contributed by atoms with Gasteiger partial charge in [0.15, 0.2) is 0 Å². The number of nitrogens with zero attached hydrogens (tertiary/aromatic N) is 1. The van der Waals surface area contributed by atoms with Crippen molar-refractivity contribution in [3.8, 4) is 0 Å². The Bertz CT molecular complexity index is 284. The lowest BCUT2D eigenvalue weighted by molar-refractivity contribution is 1.41. The summed E-state index contributed by atoms with van der Waals surface area (Å²) in [6, 6.07) is 12.1. The highest BCUT2D eigenvalue weighted by atomic mass is 127. The number of pyridine rings is 1. The van der Waals surface area contributed by atoms with Crippen LogP contribution in [0.2, 0.25) is 0 Å². The van der Waals surface area contributed by atoms with Gasteiger partial charge in [0, 0.05) is 11.6 Å². The normalized spacial score (nSPS) is 8.33. The molecule has 1 aromatic carbocycles. The van der Waals surface area contributed by atoms with Crippen LogP contribution < -0.4 is 0 Å². The van der Waals surface area contributed by atoms with Crippen molar-refractivity contribution in [3.63, 3.8) is 0 Å². The summed E-state index contributed by atoms with van der Waals surface area (Å²) in [5.41, 5.74) is 1.06. The first-order valence-electron chi connectivity index (χ1n) is 3.26. The molecular formula is C9H9I2N. The van der Waals surface area contributed by atoms with Crippen LogP contribution in [0.4, 0.5) is 0 Å². The van der Waals surface area contributed by atoms with Gasteiger partial charge in [-0.15, -0.1) is 48.0 Å². The van der Waals surface area contributed by atoms with Gasteiger partial charge in [0.25, 0.3) is 0 Å². The van der Waals surface area contributed by atoms with Crippen LogP contribution in [-0.2, 0) is 0 Å². The second kappa shape index (κ2) is 5.69. The highest BCUT2D eigenvalue weighted by Crippen LogP contribution is 2.07. The first kappa shape index (κ1) is 12.1. The molecule has 0 aliphatic rings. The van der Waals surface area contributed by atoms with Crippen LogP contribution in [0.15, 0.2) is 42.6 Å². The summed E-state index contributed by atoms with van der Waals surface area (Å²) < 4.78 is 0. The van der Waals surface area contributed by atoms with E-state index < -0.39 is 0 Å². The summed E-state index contributed by atoms with van der Waals surface area (Å²) in [6.45, 7) is 0. The minimum atomic E-state index is 0.